The van der Waals surface area contributed by atoms with E-state index in [0.717, 1.165) is 11.1 Å². The summed E-state index contributed by atoms with van der Waals surface area (Å²) in [6.45, 7) is -1.38. The van der Waals surface area contributed by atoms with Gasteiger partial charge in [-0.3, -0.25) is 9.59 Å². The van der Waals surface area contributed by atoms with Crippen molar-refractivity contribution in [2.24, 2.45) is 0 Å². The molecule has 12 heteroatoms. The summed E-state index contributed by atoms with van der Waals surface area (Å²) in [5.74, 6) is -7.33. The smallest absolute Gasteiger partial charge is 0.383 e. The van der Waals surface area contributed by atoms with Gasteiger partial charge in [-0.2, -0.15) is 22.0 Å². The highest BCUT2D eigenvalue weighted by Gasteiger charge is 2.57. The van der Waals surface area contributed by atoms with Crippen LogP contribution in [0.15, 0.2) is 48.5 Å². The average molecular weight is 487 g/mol. The highest BCUT2D eigenvalue weighted by Crippen LogP contribution is 2.40. The average Bonchev–Trinajstić information content (AvgIpc) is 2.91. The number of hydrogen-bond donors (Lipinski definition) is 2. The standard InChI is InChI=1S/C22H22F5N3O4/c1-33-11-10-30-17-9-5-4-7-15(17)14-6-2-3-8-16(14)20(34-30)29-19(32)12-18(31)28-13-21(23,24)22(25,26)27/h2-9,20H,10-13H2,1H3,(H,28,31)(H,29,32)/t20-/m0/s1. The number of fused-ring (bicyclic) bond motifs is 3. The molecule has 7 nitrogen and oxygen atoms in total. The molecule has 34 heavy (non-hydrogen) atoms. The zero-order valence-electron chi connectivity index (χ0n) is 18.0. The van der Waals surface area contributed by atoms with Gasteiger partial charge >= 0.3 is 12.1 Å². The molecule has 1 aliphatic rings. The lowest BCUT2D eigenvalue weighted by Gasteiger charge is -2.27. The van der Waals surface area contributed by atoms with Gasteiger partial charge in [-0.15, -0.1) is 0 Å². The summed E-state index contributed by atoms with van der Waals surface area (Å²) in [5.41, 5.74) is 2.83. The lowest BCUT2D eigenvalue weighted by Crippen LogP contribution is -2.47. The van der Waals surface area contributed by atoms with Crippen molar-refractivity contribution in [2.45, 2.75) is 24.7 Å². The summed E-state index contributed by atoms with van der Waals surface area (Å²) in [6, 6.07) is 14.4. The third-order valence-corrected chi connectivity index (χ3v) is 4.97. The van der Waals surface area contributed by atoms with Crippen molar-refractivity contribution in [3.63, 3.8) is 0 Å². The Bertz CT molecular complexity index is 1030. The molecule has 1 atom stereocenters. The highest BCUT2D eigenvalue weighted by atomic mass is 19.4. The number of nitrogens with zero attached hydrogens (tertiary/aromatic N) is 1. The van der Waals surface area contributed by atoms with Gasteiger partial charge in [-0.05, 0) is 11.6 Å². The van der Waals surface area contributed by atoms with E-state index in [1.807, 2.05) is 30.3 Å². The summed E-state index contributed by atoms with van der Waals surface area (Å²) in [6.07, 6.45) is -7.86. The van der Waals surface area contributed by atoms with E-state index in [-0.39, 0.29) is 0 Å². The number of carbonyl (C=O) groups excluding carboxylic acids is 2. The van der Waals surface area contributed by atoms with Crippen molar-refractivity contribution in [3.05, 3.63) is 54.1 Å². The Kier molecular flexibility index (Phi) is 7.72. The maximum Gasteiger partial charge on any atom is 0.455 e. The number of benzene rings is 2. The van der Waals surface area contributed by atoms with Gasteiger partial charge in [0.1, 0.15) is 6.42 Å². The Morgan fingerprint density at radius 1 is 1.00 bits per heavy atom. The largest absolute Gasteiger partial charge is 0.455 e. The van der Waals surface area contributed by atoms with Crippen molar-refractivity contribution in [2.75, 3.05) is 31.9 Å². The van der Waals surface area contributed by atoms with Crippen molar-refractivity contribution >= 4 is 17.5 Å². The fourth-order valence-corrected chi connectivity index (χ4v) is 3.30. The predicted molar refractivity (Wildman–Crippen MR) is 112 cm³/mol. The first-order chi connectivity index (χ1) is 16.0. The van der Waals surface area contributed by atoms with Gasteiger partial charge in [0.05, 0.1) is 25.4 Å². The van der Waals surface area contributed by atoms with Crippen molar-refractivity contribution in [1.29, 1.82) is 0 Å². The van der Waals surface area contributed by atoms with Crippen molar-refractivity contribution in [1.82, 2.24) is 10.6 Å². The summed E-state index contributed by atoms with van der Waals surface area (Å²) in [4.78, 5) is 30.3. The predicted octanol–water partition coefficient (Wildman–Crippen LogP) is 3.57. The van der Waals surface area contributed by atoms with E-state index in [9.17, 15) is 31.5 Å². The molecule has 3 rings (SSSR count). The van der Waals surface area contributed by atoms with Gasteiger partial charge in [0.25, 0.3) is 0 Å². The van der Waals surface area contributed by atoms with Crippen LogP contribution in [0.2, 0.25) is 0 Å². The molecular weight excluding hydrogens is 465 g/mol. The number of amides is 2. The van der Waals surface area contributed by atoms with Crippen LogP contribution in [0, 0.1) is 0 Å². The molecule has 2 N–H and O–H groups in total. The molecule has 0 spiro atoms. The molecule has 0 saturated carbocycles. The molecule has 0 fully saturated rings. The number of methoxy groups -OCH3 is 1. The Labute approximate surface area is 191 Å². The van der Waals surface area contributed by atoms with Crippen LogP contribution in [0.4, 0.5) is 27.6 Å². The number of ether oxygens (including phenoxy) is 1. The van der Waals surface area contributed by atoms with Crippen LogP contribution in [0.3, 0.4) is 0 Å². The zero-order valence-corrected chi connectivity index (χ0v) is 18.0. The minimum Gasteiger partial charge on any atom is -0.383 e. The monoisotopic (exact) mass is 487 g/mol. The molecular formula is C22H22F5N3O4. The minimum atomic E-state index is -5.82. The Morgan fingerprint density at radius 2 is 1.65 bits per heavy atom. The Morgan fingerprint density at radius 3 is 2.32 bits per heavy atom. The van der Waals surface area contributed by atoms with Gasteiger partial charge in [0, 0.05) is 18.2 Å². The van der Waals surface area contributed by atoms with E-state index >= 15 is 0 Å². The number of nitrogens with one attached hydrogen (secondary N) is 2. The number of hydrogen-bond acceptors (Lipinski definition) is 5. The number of carbonyl (C=O) groups is 2. The van der Waals surface area contributed by atoms with Gasteiger partial charge < -0.3 is 15.4 Å². The normalized spacial score (nSPS) is 15.7. The maximum atomic E-state index is 13.0. The molecule has 0 aromatic heterocycles. The number of rotatable bonds is 8. The second-order valence-corrected chi connectivity index (χ2v) is 7.41. The van der Waals surface area contributed by atoms with Crippen LogP contribution >= 0.6 is 0 Å². The van der Waals surface area contributed by atoms with Crippen molar-refractivity contribution in [3.8, 4) is 11.1 Å². The van der Waals surface area contributed by atoms with E-state index in [4.69, 9.17) is 9.57 Å². The lowest BCUT2D eigenvalue weighted by atomic mass is 9.97. The van der Waals surface area contributed by atoms with Gasteiger partial charge in [-0.1, -0.05) is 42.5 Å². The first-order valence-corrected chi connectivity index (χ1v) is 10.2. The first-order valence-electron chi connectivity index (χ1n) is 10.2. The Hall–Kier alpha value is -3.25. The fraction of sp³-hybridized carbons (Fsp3) is 0.364. The van der Waals surface area contributed by atoms with Crippen LogP contribution in [0.5, 0.6) is 0 Å². The van der Waals surface area contributed by atoms with E-state index < -0.39 is 43.1 Å². The lowest BCUT2D eigenvalue weighted by molar-refractivity contribution is -0.278. The quantitative estimate of drug-likeness (QED) is 0.440. The molecule has 1 heterocycles. The van der Waals surface area contributed by atoms with Crippen LogP contribution in [-0.4, -0.2) is 50.7 Å². The molecule has 0 saturated heterocycles. The second kappa shape index (κ2) is 10.3. The van der Waals surface area contributed by atoms with Crippen LogP contribution in [0.1, 0.15) is 18.2 Å². The molecule has 2 aromatic rings. The molecule has 184 valence electrons. The molecule has 1 aliphatic heterocycles. The molecule has 0 aliphatic carbocycles. The summed E-state index contributed by atoms with van der Waals surface area (Å²) in [7, 11) is 1.51. The molecule has 2 aromatic carbocycles. The maximum absolute atomic E-state index is 13.0. The molecule has 0 radical (unpaired) electrons. The number of anilines is 1. The number of alkyl halides is 5. The Balaban J connectivity index is 1.76. The summed E-state index contributed by atoms with van der Waals surface area (Å²) in [5, 5.41) is 5.46. The fourth-order valence-electron chi connectivity index (χ4n) is 3.30. The summed E-state index contributed by atoms with van der Waals surface area (Å²) >= 11 is 0. The van der Waals surface area contributed by atoms with Gasteiger partial charge in [-0.25, -0.2) is 9.90 Å². The highest BCUT2D eigenvalue weighted by molar-refractivity contribution is 5.97. The second-order valence-electron chi connectivity index (χ2n) is 7.41. The van der Waals surface area contributed by atoms with E-state index in [1.165, 1.54) is 17.5 Å². The van der Waals surface area contributed by atoms with E-state index in [1.54, 1.807) is 18.2 Å². The van der Waals surface area contributed by atoms with Gasteiger partial charge in [0.15, 0.2) is 6.23 Å². The van der Waals surface area contributed by atoms with E-state index in [2.05, 4.69) is 5.32 Å². The van der Waals surface area contributed by atoms with Crippen LogP contribution in [0.25, 0.3) is 11.1 Å². The molecule has 2 amide bonds. The van der Waals surface area contributed by atoms with Crippen LogP contribution in [-0.2, 0) is 19.2 Å². The topological polar surface area (TPSA) is 79.9 Å². The molecule has 0 bridgehead atoms. The van der Waals surface area contributed by atoms with Gasteiger partial charge in [0.2, 0.25) is 11.8 Å². The third kappa shape index (κ3) is 5.81. The minimum absolute atomic E-state index is 0.293. The van der Waals surface area contributed by atoms with Crippen molar-refractivity contribution < 1.29 is 41.1 Å². The van der Waals surface area contributed by atoms with Crippen LogP contribution < -0.4 is 15.7 Å². The summed E-state index contributed by atoms with van der Waals surface area (Å²) < 4.78 is 67.9. The molecule has 0 unspecified atom stereocenters. The first kappa shape index (κ1) is 25.4. The van der Waals surface area contributed by atoms with E-state index in [0.29, 0.717) is 24.4 Å². The third-order valence-electron chi connectivity index (χ3n) is 4.97. The zero-order chi connectivity index (χ0) is 24.9. The number of hydroxylamine groups is 1. The number of para-hydroxylation sites is 1. The number of halogens is 5. The SMILES string of the molecule is COCCN1O[C@H](NC(=O)CC(=O)NCC(F)(F)C(F)(F)F)c2ccccc2-c2ccccc21.